The first-order valence-electron chi connectivity index (χ1n) is 9.87. The van der Waals surface area contributed by atoms with E-state index >= 15 is 0 Å². The molecule has 0 fully saturated rings. The Hall–Kier alpha value is -3.06. The van der Waals surface area contributed by atoms with Gasteiger partial charge in [0.2, 0.25) is 0 Å². The van der Waals surface area contributed by atoms with Gasteiger partial charge in [0.1, 0.15) is 0 Å². The van der Waals surface area contributed by atoms with E-state index in [1.807, 2.05) is 31.7 Å². The average molecular weight is 373 g/mol. The zero-order valence-electron chi connectivity index (χ0n) is 17.0. The van der Waals surface area contributed by atoms with Crippen molar-refractivity contribution in [2.24, 2.45) is 13.0 Å². The Morgan fingerprint density at radius 3 is 2.61 bits per heavy atom. The van der Waals surface area contributed by atoms with Crippen molar-refractivity contribution in [3.05, 3.63) is 83.4 Å². The topological polar surface area (TPSA) is 44.9 Å². The Balaban J connectivity index is 1.87. The summed E-state index contributed by atoms with van der Waals surface area (Å²) in [6.45, 7) is 6.20. The number of hydrogen-bond acceptors (Lipinski definition) is 3. The molecule has 0 spiro atoms. The van der Waals surface area contributed by atoms with Gasteiger partial charge in [-0.05, 0) is 48.1 Å². The molecular formula is C24H28N4. The van der Waals surface area contributed by atoms with E-state index in [2.05, 4.69) is 70.8 Å². The van der Waals surface area contributed by atoms with Crippen molar-refractivity contribution in [2.75, 3.05) is 11.4 Å². The number of aryl methyl sites for hydroxylation is 2. The molecule has 0 bridgehead atoms. The zero-order chi connectivity index (χ0) is 19.9. The third-order valence-corrected chi connectivity index (χ3v) is 5.16. The molecule has 4 heteroatoms. The summed E-state index contributed by atoms with van der Waals surface area (Å²) in [4.78, 5) is 6.71. The molecule has 3 aromatic rings. The van der Waals surface area contributed by atoms with Crippen molar-refractivity contribution in [3.8, 4) is 6.07 Å². The smallest absolute Gasteiger partial charge is 0.0991 e. The lowest BCUT2D eigenvalue weighted by Gasteiger charge is -2.30. The molecule has 0 radical (unpaired) electrons. The van der Waals surface area contributed by atoms with Crippen LogP contribution in [0.4, 0.5) is 5.69 Å². The summed E-state index contributed by atoms with van der Waals surface area (Å²) in [6, 6.07) is 19.0. The van der Waals surface area contributed by atoms with Gasteiger partial charge in [-0.2, -0.15) is 5.26 Å². The largest absolute Gasteiger partial charge is 0.365 e. The molecule has 2 aromatic carbocycles. The van der Waals surface area contributed by atoms with Crippen LogP contribution in [0, 0.1) is 17.2 Å². The van der Waals surface area contributed by atoms with Gasteiger partial charge in [-0.1, -0.05) is 44.2 Å². The highest BCUT2D eigenvalue weighted by Crippen LogP contribution is 2.26. The zero-order valence-corrected chi connectivity index (χ0v) is 17.0. The minimum absolute atomic E-state index is 0.496. The van der Waals surface area contributed by atoms with Gasteiger partial charge in [0.25, 0.3) is 0 Å². The highest BCUT2D eigenvalue weighted by molar-refractivity contribution is 5.57. The second kappa shape index (κ2) is 9.23. The van der Waals surface area contributed by atoms with Crippen LogP contribution in [0.1, 0.15) is 36.2 Å². The molecule has 0 aliphatic heterocycles. The molecule has 0 saturated carbocycles. The lowest BCUT2D eigenvalue weighted by molar-refractivity contribution is 0.549. The third-order valence-electron chi connectivity index (χ3n) is 5.16. The van der Waals surface area contributed by atoms with Crippen LogP contribution in [0.15, 0.2) is 61.1 Å². The number of anilines is 1. The highest BCUT2D eigenvalue weighted by Gasteiger charge is 2.17. The normalized spacial score (nSPS) is 11.8. The summed E-state index contributed by atoms with van der Waals surface area (Å²) in [7, 11) is 2.04. The van der Waals surface area contributed by atoms with E-state index < -0.39 is 0 Å². The molecule has 0 aliphatic carbocycles. The molecule has 144 valence electrons. The Morgan fingerprint density at radius 1 is 1.18 bits per heavy atom. The van der Waals surface area contributed by atoms with Crippen molar-refractivity contribution in [3.63, 3.8) is 0 Å². The Kier molecular flexibility index (Phi) is 6.49. The van der Waals surface area contributed by atoms with Crippen LogP contribution in [0.2, 0.25) is 0 Å². The van der Waals surface area contributed by atoms with E-state index in [9.17, 15) is 5.26 Å². The van der Waals surface area contributed by atoms with Crippen LogP contribution < -0.4 is 4.90 Å². The number of benzene rings is 2. The molecule has 0 aliphatic rings. The second-order valence-corrected chi connectivity index (χ2v) is 7.48. The average Bonchev–Trinajstić information content (AvgIpc) is 3.12. The quantitative estimate of drug-likeness (QED) is 0.574. The summed E-state index contributed by atoms with van der Waals surface area (Å²) in [6.07, 6.45) is 5.73. The van der Waals surface area contributed by atoms with Gasteiger partial charge in [0.05, 0.1) is 30.2 Å². The summed E-state index contributed by atoms with van der Waals surface area (Å²) in [5, 5.41) is 9.27. The first-order chi connectivity index (χ1) is 13.6. The number of rotatable bonds is 8. The van der Waals surface area contributed by atoms with Gasteiger partial charge in [-0.3, -0.25) is 0 Å². The maximum Gasteiger partial charge on any atom is 0.0991 e. The van der Waals surface area contributed by atoms with Crippen LogP contribution in [-0.2, 0) is 26.4 Å². The van der Waals surface area contributed by atoms with E-state index in [1.165, 1.54) is 22.5 Å². The third kappa shape index (κ3) is 4.80. The summed E-state index contributed by atoms with van der Waals surface area (Å²) in [5.74, 6) is 0.496. The van der Waals surface area contributed by atoms with Crippen molar-refractivity contribution in [1.29, 1.82) is 5.26 Å². The second-order valence-electron chi connectivity index (χ2n) is 7.48. The number of hydrogen-bond donors (Lipinski definition) is 0. The predicted molar refractivity (Wildman–Crippen MR) is 114 cm³/mol. The van der Waals surface area contributed by atoms with Gasteiger partial charge in [0, 0.05) is 25.5 Å². The summed E-state index contributed by atoms with van der Waals surface area (Å²) < 4.78 is 2.07. The van der Waals surface area contributed by atoms with Gasteiger partial charge in [0.15, 0.2) is 0 Å². The molecular weight excluding hydrogens is 344 g/mol. The van der Waals surface area contributed by atoms with Crippen molar-refractivity contribution >= 4 is 5.69 Å². The van der Waals surface area contributed by atoms with E-state index in [-0.39, 0.29) is 0 Å². The molecule has 28 heavy (non-hydrogen) atoms. The lowest BCUT2D eigenvalue weighted by atomic mass is 9.99. The Morgan fingerprint density at radius 2 is 1.96 bits per heavy atom. The van der Waals surface area contributed by atoms with E-state index in [4.69, 9.17) is 0 Å². The van der Waals surface area contributed by atoms with Gasteiger partial charge < -0.3 is 9.47 Å². The minimum atomic E-state index is 0.496. The number of nitriles is 1. The van der Waals surface area contributed by atoms with Crippen LogP contribution in [0.5, 0.6) is 0 Å². The van der Waals surface area contributed by atoms with E-state index in [1.54, 1.807) is 0 Å². The van der Waals surface area contributed by atoms with Crippen LogP contribution in [0.25, 0.3) is 0 Å². The highest BCUT2D eigenvalue weighted by atomic mass is 15.2. The monoisotopic (exact) mass is 372 g/mol. The SMILES string of the molecule is CCc1cc(C#N)ccc1N(Cc1cncn1C)C[C@H](C)Cc1ccccc1. The predicted octanol–water partition coefficient (Wildman–Crippen LogP) is 4.74. The minimum Gasteiger partial charge on any atom is -0.365 e. The molecule has 1 aromatic heterocycles. The molecule has 4 nitrogen and oxygen atoms in total. The van der Waals surface area contributed by atoms with Crippen molar-refractivity contribution in [2.45, 2.75) is 33.2 Å². The van der Waals surface area contributed by atoms with Crippen LogP contribution >= 0.6 is 0 Å². The van der Waals surface area contributed by atoms with E-state index in [0.717, 1.165) is 31.5 Å². The first kappa shape index (κ1) is 19.7. The summed E-state index contributed by atoms with van der Waals surface area (Å²) in [5.41, 5.74) is 5.69. The maximum atomic E-state index is 9.27. The lowest BCUT2D eigenvalue weighted by Crippen LogP contribution is -2.30. The molecule has 0 N–H and O–H groups in total. The molecule has 0 amide bonds. The van der Waals surface area contributed by atoms with Gasteiger partial charge in [-0.25, -0.2) is 4.98 Å². The van der Waals surface area contributed by atoms with Crippen molar-refractivity contribution in [1.82, 2.24) is 9.55 Å². The first-order valence-corrected chi connectivity index (χ1v) is 9.87. The van der Waals surface area contributed by atoms with Crippen LogP contribution in [-0.4, -0.2) is 16.1 Å². The molecule has 0 unspecified atom stereocenters. The van der Waals surface area contributed by atoms with Gasteiger partial charge in [-0.15, -0.1) is 0 Å². The molecule has 1 heterocycles. The van der Waals surface area contributed by atoms with Crippen LogP contribution in [0.3, 0.4) is 0 Å². The number of nitrogens with zero attached hydrogens (tertiary/aromatic N) is 4. The fourth-order valence-electron chi connectivity index (χ4n) is 3.68. The van der Waals surface area contributed by atoms with E-state index in [0.29, 0.717) is 5.92 Å². The number of imidazole rings is 1. The summed E-state index contributed by atoms with van der Waals surface area (Å²) >= 11 is 0. The maximum absolute atomic E-state index is 9.27. The fraction of sp³-hybridized carbons (Fsp3) is 0.333. The number of aromatic nitrogens is 2. The fourth-order valence-corrected chi connectivity index (χ4v) is 3.68. The molecule has 0 saturated heterocycles. The molecule has 1 atom stereocenters. The van der Waals surface area contributed by atoms with Crippen molar-refractivity contribution < 1.29 is 0 Å². The van der Waals surface area contributed by atoms with Gasteiger partial charge >= 0.3 is 0 Å². The standard InChI is InChI=1S/C24H28N4/c1-4-22-13-21(14-25)10-11-24(22)28(17-23-15-26-18-27(23)3)16-19(2)12-20-8-6-5-7-9-20/h5-11,13,15,18-19H,4,12,16-17H2,1-3H3/t19-/m1/s1. The Bertz CT molecular complexity index is 937. The Labute approximate surface area is 168 Å². The molecule has 3 rings (SSSR count).